The Morgan fingerprint density at radius 3 is 2.16 bits per heavy atom. The Labute approximate surface area is 154 Å². The van der Waals surface area contributed by atoms with Gasteiger partial charge in [-0.3, -0.25) is 24.1 Å². The van der Waals surface area contributed by atoms with Gasteiger partial charge in [-0.05, 0) is 25.5 Å². The first-order valence-electron chi connectivity index (χ1n) is 7.58. The molecule has 0 saturated heterocycles. The first-order chi connectivity index (χ1) is 11.8. The lowest BCUT2D eigenvalue weighted by molar-refractivity contribution is -0.154. The van der Waals surface area contributed by atoms with Gasteiger partial charge in [-0.1, -0.05) is 30.1 Å². The molecule has 0 aromatic heterocycles. The summed E-state index contributed by atoms with van der Waals surface area (Å²) in [5.41, 5.74) is 0.141. The Balaban J connectivity index is 2.04. The number of benzene rings is 1. The molecule has 0 bridgehead atoms. The predicted molar refractivity (Wildman–Crippen MR) is 90.7 cm³/mol. The van der Waals surface area contributed by atoms with Crippen LogP contribution in [0.15, 0.2) is 12.1 Å². The van der Waals surface area contributed by atoms with Crippen molar-refractivity contribution in [3.63, 3.8) is 0 Å². The third-order valence-electron chi connectivity index (χ3n) is 3.53. The highest BCUT2D eigenvalue weighted by molar-refractivity contribution is 6.43. The van der Waals surface area contributed by atoms with Gasteiger partial charge in [0.25, 0.3) is 17.7 Å². The normalized spacial score (nSPS) is 14.3. The number of rotatable bonds is 6. The van der Waals surface area contributed by atoms with E-state index in [4.69, 9.17) is 27.9 Å². The summed E-state index contributed by atoms with van der Waals surface area (Å²) in [7, 11) is 0. The molecule has 3 amide bonds. The summed E-state index contributed by atoms with van der Waals surface area (Å²) >= 11 is 11.7. The molecule has 0 fully saturated rings. The van der Waals surface area contributed by atoms with Crippen molar-refractivity contribution in [2.75, 3.05) is 13.1 Å². The van der Waals surface area contributed by atoms with Crippen LogP contribution in [0.2, 0.25) is 10.0 Å². The summed E-state index contributed by atoms with van der Waals surface area (Å²) in [5.74, 6) is -2.65. The average molecular weight is 387 g/mol. The first-order valence-corrected chi connectivity index (χ1v) is 8.34. The van der Waals surface area contributed by atoms with Crippen LogP contribution in [0.1, 0.15) is 41.0 Å². The second-order valence-electron chi connectivity index (χ2n) is 5.43. The van der Waals surface area contributed by atoms with Crippen LogP contribution in [-0.2, 0) is 14.3 Å². The van der Waals surface area contributed by atoms with E-state index in [2.05, 4.69) is 5.32 Å². The predicted octanol–water partition coefficient (Wildman–Crippen LogP) is 2.05. The van der Waals surface area contributed by atoms with E-state index in [0.29, 0.717) is 6.54 Å². The molecule has 0 radical (unpaired) electrons. The minimum Gasteiger partial charge on any atom is -0.451 e. The van der Waals surface area contributed by atoms with Crippen LogP contribution in [0.3, 0.4) is 0 Å². The monoisotopic (exact) mass is 386 g/mol. The second kappa shape index (κ2) is 7.84. The zero-order chi connectivity index (χ0) is 18.7. The van der Waals surface area contributed by atoms with Gasteiger partial charge in [0.1, 0.15) is 6.54 Å². The molecule has 1 N–H and O–H groups in total. The van der Waals surface area contributed by atoms with Crippen molar-refractivity contribution >= 4 is 46.9 Å². The van der Waals surface area contributed by atoms with Crippen LogP contribution in [0.5, 0.6) is 0 Å². The quantitative estimate of drug-likeness (QED) is 0.596. The van der Waals surface area contributed by atoms with Crippen molar-refractivity contribution in [1.82, 2.24) is 10.2 Å². The largest absolute Gasteiger partial charge is 0.451 e. The van der Waals surface area contributed by atoms with Gasteiger partial charge in [0.15, 0.2) is 6.10 Å². The average Bonchev–Trinajstić information content (AvgIpc) is 2.78. The molecule has 2 rings (SSSR count). The lowest BCUT2D eigenvalue weighted by Crippen LogP contribution is -2.40. The second-order valence-corrected chi connectivity index (χ2v) is 6.25. The number of fused-ring (bicyclic) bond motifs is 1. The number of carbonyl (C=O) groups is 4. The number of carbonyl (C=O) groups excluding carboxylic acids is 4. The lowest BCUT2D eigenvalue weighted by atomic mass is 10.1. The molecule has 0 aliphatic carbocycles. The maximum absolute atomic E-state index is 12.3. The van der Waals surface area contributed by atoms with E-state index in [1.807, 2.05) is 6.92 Å². The number of nitrogens with one attached hydrogen (secondary N) is 1. The van der Waals surface area contributed by atoms with E-state index in [1.54, 1.807) is 0 Å². The molecule has 1 aliphatic heterocycles. The Kier molecular flexibility index (Phi) is 6.02. The Morgan fingerprint density at radius 2 is 1.68 bits per heavy atom. The number of imide groups is 1. The van der Waals surface area contributed by atoms with Crippen molar-refractivity contribution in [3.8, 4) is 0 Å². The van der Waals surface area contributed by atoms with Gasteiger partial charge in [0.2, 0.25) is 0 Å². The molecule has 0 spiro atoms. The summed E-state index contributed by atoms with van der Waals surface area (Å²) in [4.78, 5) is 49.0. The molecular weight excluding hydrogens is 371 g/mol. The number of hydrogen-bond donors (Lipinski definition) is 1. The molecule has 1 atom stereocenters. The minimum absolute atomic E-state index is 0.0703. The molecule has 0 saturated carbocycles. The first kappa shape index (κ1) is 19.2. The molecule has 7 nitrogen and oxygen atoms in total. The summed E-state index contributed by atoms with van der Waals surface area (Å²) < 4.78 is 4.96. The van der Waals surface area contributed by atoms with Crippen LogP contribution in [0.25, 0.3) is 0 Å². The third kappa shape index (κ3) is 4.11. The fraction of sp³-hybridized carbons (Fsp3) is 0.375. The summed E-state index contributed by atoms with van der Waals surface area (Å²) in [5, 5.41) is 2.85. The van der Waals surface area contributed by atoms with E-state index in [0.717, 1.165) is 11.3 Å². The maximum atomic E-state index is 12.3. The van der Waals surface area contributed by atoms with Crippen LogP contribution >= 0.6 is 23.2 Å². The van der Waals surface area contributed by atoms with E-state index >= 15 is 0 Å². The zero-order valence-corrected chi connectivity index (χ0v) is 15.1. The van der Waals surface area contributed by atoms with Crippen LogP contribution in [-0.4, -0.2) is 47.8 Å². The van der Waals surface area contributed by atoms with E-state index in [1.165, 1.54) is 19.1 Å². The fourth-order valence-corrected chi connectivity index (χ4v) is 2.56. The van der Waals surface area contributed by atoms with E-state index in [-0.39, 0.29) is 21.2 Å². The number of ether oxygens (including phenoxy) is 1. The maximum Gasteiger partial charge on any atom is 0.326 e. The highest BCUT2D eigenvalue weighted by Crippen LogP contribution is 2.31. The third-order valence-corrected chi connectivity index (χ3v) is 4.25. The van der Waals surface area contributed by atoms with E-state index < -0.39 is 36.3 Å². The van der Waals surface area contributed by atoms with Crippen molar-refractivity contribution in [2.24, 2.45) is 0 Å². The lowest BCUT2D eigenvalue weighted by Gasteiger charge is -2.16. The molecule has 1 aromatic carbocycles. The molecule has 9 heteroatoms. The van der Waals surface area contributed by atoms with Gasteiger partial charge >= 0.3 is 5.97 Å². The Bertz CT molecular complexity index is 709. The van der Waals surface area contributed by atoms with E-state index in [9.17, 15) is 19.2 Å². The van der Waals surface area contributed by atoms with Gasteiger partial charge in [-0.25, -0.2) is 0 Å². The molecule has 134 valence electrons. The fourth-order valence-electron chi connectivity index (χ4n) is 2.24. The molecule has 1 aromatic rings. The highest BCUT2D eigenvalue weighted by Gasteiger charge is 2.38. The Morgan fingerprint density at radius 1 is 1.16 bits per heavy atom. The standard InChI is InChI=1S/C16H16Cl2N2O5/c1-3-4-19-14(22)8(2)25-13(21)7-20-15(23)9-5-11(17)12(18)6-10(9)16(20)24/h5-6,8H,3-4,7H2,1-2H3,(H,19,22)/t8-/m1/s1. The van der Waals surface area contributed by atoms with Crippen LogP contribution < -0.4 is 5.32 Å². The summed E-state index contributed by atoms with van der Waals surface area (Å²) in [6.07, 6.45) is -0.287. The number of hydrogen-bond acceptors (Lipinski definition) is 5. The van der Waals surface area contributed by atoms with Crippen LogP contribution in [0.4, 0.5) is 0 Å². The molecule has 25 heavy (non-hydrogen) atoms. The Hall–Kier alpha value is -2.12. The smallest absolute Gasteiger partial charge is 0.326 e. The molecule has 0 unspecified atom stereocenters. The number of halogens is 2. The van der Waals surface area contributed by atoms with Gasteiger partial charge in [-0.15, -0.1) is 0 Å². The van der Waals surface area contributed by atoms with Gasteiger partial charge < -0.3 is 10.1 Å². The van der Waals surface area contributed by atoms with Crippen molar-refractivity contribution in [2.45, 2.75) is 26.4 Å². The molecule has 1 aliphatic rings. The van der Waals surface area contributed by atoms with Gasteiger partial charge in [0.05, 0.1) is 21.2 Å². The minimum atomic E-state index is -1.03. The number of esters is 1. The summed E-state index contributed by atoms with van der Waals surface area (Å²) in [6, 6.07) is 2.57. The topological polar surface area (TPSA) is 92.8 Å². The van der Waals surface area contributed by atoms with Crippen molar-refractivity contribution in [3.05, 3.63) is 33.3 Å². The van der Waals surface area contributed by atoms with Crippen molar-refractivity contribution in [1.29, 1.82) is 0 Å². The van der Waals surface area contributed by atoms with Gasteiger partial charge in [0, 0.05) is 6.54 Å². The molecular formula is C16H16Cl2N2O5. The number of nitrogens with zero attached hydrogens (tertiary/aromatic N) is 1. The van der Waals surface area contributed by atoms with Crippen LogP contribution in [0, 0.1) is 0 Å². The zero-order valence-electron chi connectivity index (χ0n) is 13.6. The van der Waals surface area contributed by atoms with Gasteiger partial charge in [-0.2, -0.15) is 0 Å². The SMILES string of the molecule is CCCNC(=O)[C@@H](C)OC(=O)CN1C(=O)c2cc(Cl)c(Cl)cc2C1=O. The molecule has 1 heterocycles. The summed E-state index contributed by atoms with van der Waals surface area (Å²) in [6.45, 7) is 3.15. The number of amides is 3. The van der Waals surface area contributed by atoms with Crippen molar-refractivity contribution < 1.29 is 23.9 Å². The highest BCUT2D eigenvalue weighted by atomic mass is 35.5.